The number of amides is 1. The maximum atomic E-state index is 12.3. The average molecular weight is 518 g/mol. The van der Waals surface area contributed by atoms with E-state index in [0.717, 1.165) is 13.6 Å². The van der Waals surface area contributed by atoms with Crippen LogP contribution in [0.25, 0.3) is 6.08 Å². The molecule has 0 aliphatic carbocycles. The standard InChI is InChI=1S/C17H11BrClIN2O2/c1-24-15-5-2-10(18)6-9(15)7-14-17(23)22-16(21-14)12-8-11(20)3-4-13(12)19/h2-8H,1H3,(H,21,22,23). The molecule has 0 bridgehead atoms. The molecule has 1 aliphatic rings. The van der Waals surface area contributed by atoms with Crippen LogP contribution in [0.3, 0.4) is 0 Å². The van der Waals surface area contributed by atoms with Gasteiger partial charge < -0.3 is 10.1 Å². The Hall–Kier alpha value is -1.38. The smallest absolute Gasteiger partial charge is 0.275 e. The molecule has 1 N–H and O–H groups in total. The van der Waals surface area contributed by atoms with Crippen molar-refractivity contribution in [3.05, 3.63) is 66.3 Å². The number of rotatable bonds is 3. The van der Waals surface area contributed by atoms with Crippen LogP contribution >= 0.6 is 50.1 Å². The van der Waals surface area contributed by atoms with Gasteiger partial charge in [-0.2, -0.15) is 0 Å². The Kier molecular flexibility index (Phi) is 5.27. The normalized spacial score (nSPS) is 15.4. The number of ether oxygens (including phenoxy) is 1. The summed E-state index contributed by atoms with van der Waals surface area (Å²) in [5.41, 5.74) is 1.76. The number of benzene rings is 2. The zero-order chi connectivity index (χ0) is 17.3. The number of carbonyl (C=O) groups is 1. The predicted molar refractivity (Wildman–Crippen MR) is 108 cm³/mol. The number of nitrogens with one attached hydrogen (secondary N) is 1. The number of nitrogens with zero attached hydrogens (tertiary/aromatic N) is 1. The van der Waals surface area contributed by atoms with E-state index in [1.165, 1.54) is 0 Å². The van der Waals surface area contributed by atoms with Crippen LogP contribution in [0.1, 0.15) is 11.1 Å². The lowest BCUT2D eigenvalue weighted by molar-refractivity contribution is -0.115. The lowest BCUT2D eigenvalue weighted by atomic mass is 10.1. The molecule has 2 aromatic carbocycles. The number of aliphatic imine (C=N–C) groups is 1. The van der Waals surface area contributed by atoms with Gasteiger partial charge in [-0.1, -0.05) is 27.5 Å². The average Bonchev–Trinajstić information content (AvgIpc) is 2.91. The molecule has 122 valence electrons. The molecule has 0 aromatic heterocycles. The van der Waals surface area contributed by atoms with E-state index in [4.69, 9.17) is 16.3 Å². The Morgan fingerprint density at radius 3 is 2.83 bits per heavy atom. The summed E-state index contributed by atoms with van der Waals surface area (Å²) in [6.07, 6.45) is 1.69. The van der Waals surface area contributed by atoms with E-state index in [0.29, 0.717) is 27.9 Å². The first kappa shape index (κ1) is 17.4. The summed E-state index contributed by atoms with van der Waals surface area (Å²) in [5.74, 6) is 0.833. The van der Waals surface area contributed by atoms with Crippen molar-refractivity contribution in [3.8, 4) is 5.75 Å². The maximum absolute atomic E-state index is 12.3. The van der Waals surface area contributed by atoms with Gasteiger partial charge >= 0.3 is 0 Å². The highest BCUT2D eigenvalue weighted by atomic mass is 127. The summed E-state index contributed by atoms with van der Waals surface area (Å²) in [6, 6.07) is 11.1. The Balaban J connectivity index is 2.03. The highest BCUT2D eigenvalue weighted by Crippen LogP contribution is 2.27. The van der Waals surface area contributed by atoms with Crippen LogP contribution in [0, 0.1) is 3.57 Å². The Bertz CT molecular complexity index is 896. The number of hydrogen-bond acceptors (Lipinski definition) is 3. The highest BCUT2D eigenvalue weighted by Gasteiger charge is 2.23. The van der Waals surface area contributed by atoms with Crippen LogP contribution in [0.4, 0.5) is 0 Å². The molecule has 0 atom stereocenters. The number of hydrogen-bond donors (Lipinski definition) is 1. The van der Waals surface area contributed by atoms with E-state index in [1.54, 1.807) is 19.3 Å². The van der Waals surface area contributed by atoms with E-state index in [2.05, 4.69) is 48.8 Å². The minimum absolute atomic E-state index is 0.276. The minimum Gasteiger partial charge on any atom is -0.496 e. The van der Waals surface area contributed by atoms with E-state index in [9.17, 15) is 4.79 Å². The molecule has 1 heterocycles. The monoisotopic (exact) mass is 516 g/mol. The third-order valence-corrected chi connectivity index (χ3v) is 4.86. The summed E-state index contributed by atoms with van der Waals surface area (Å²) in [7, 11) is 1.58. The minimum atomic E-state index is -0.276. The first-order valence-corrected chi connectivity index (χ1v) is 9.13. The van der Waals surface area contributed by atoms with E-state index in [1.807, 2.05) is 30.3 Å². The fraction of sp³-hybridized carbons (Fsp3) is 0.0588. The SMILES string of the molecule is COc1ccc(Br)cc1C=C1N=C(c2cc(I)ccc2Cl)NC1=O. The van der Waals surface area contributed by atoms with Gasteiger partial charge in [-0.3, -0.25) is 4.79 Å². The molecule has 0 radical (unpaired) electrons. The largest absolute Gasteiger partial charge is 0.496 e. The van der Waals surface area contributed by atoms with Crippen molar-refractivity contribution in [3.63, 3.8) is 0 Å². The lowest BCUT2D eigenvalue weighted by Gasteiger charge is -2.05. The van der Waals surface area contributed by atoms with Crippen molar-refractivity contribution >= 4 is 67.9 Å². The highest BCUT2D eigenvalue weighted by molar-refractivity contribution is 14.1. The maximum Gasteiger partial charge on any atom is 0.275 e. The van der Waals surface area contributed by atoms with Crippen LogP contribution in [0.15, 0.2) is 51.6 Å². The Morgan fingerprint density at radius 1 is 1.29 bits per heavy atom. The molecule has 2 aromatic rings. The second kappa shape index (κ2) is 7.25. The Labute approximate surface area is 166 Å². The van der Waals surface area contributed by atoms with Gasteiger partial charge in [-0.15, -0.1) is 0 Å². The molecule has 1 amide bonds. The molecule has 24 heavy (non-hydrogen) atoms. The second-order valence-electron chi connectivity index (χ2n) is 4.95. The van der Waals surface area contributed by atoms with Crippen LogP contribution in [0.5, 0.6) is 5.75 Å². The molecule has 0 saturated carbocycles. The molecule has 7 heteroatoms. The van der Waals surface area contributed by atoms with Gasteiger partial charge in [0, 0.05) is 19.2 Å². The van der Waals surface area contributed by atoms with Crippen molar-refractivity contribution in [1.82, 2.24) is 5.32 Å². The van der Waals surface area contributed by atoms with Crippen LogP contribution in [-0.2, 0) is 4.79 Å². The van der Waals surface area contributed by atoms with Crippen molar-refractivity contribution in [1.29, 1.82) is 0 Å². The Morgan fingerprint density at radius 2 is 2.08 bits per heavy atom. The van der Waals surface area contributed by atoms with Crippen molar-refractivity contribution in [2.45, 2.75) is 0 Å². The molecule has 0 saturated heterocycles. The predicted octanol–water partition coefficient (Wildman–Crippen LogP) is 4.63. The molecule has 0 unspecified atom stereocenters. The third kappa shape index (κ3) is 3.65. The number of carbonyl (C=O) groups excluding carboxylic acids is 1. The molecule has 0 fully saturated rings. The molecule has 1 aliphatic heterocycles. The summed E-state index contributed by atoms with van der Waals surface area (Å²) >= 11 is 11.8. The summed E-state index contributed by atoms with van der Waals surface area (Å²) in [5, 5.41) is 3.30. The van der Waals surface area contributed by atoms with Crippen molar-refractivity contribution in [2.75, 3.05) is 7.11 Å². The van der Waals surface area contributed by atoms with Gasteiger partial charge in [0.25, 0.3) is 5.91 Å². The zero-order valence-electron chi connectivity index (χ0n) is 12.4. The van der Waals surface area contributed by atoms with Gasteiger partial charge in [0.1, 0.15) is 17.3 Å². The zero-order valence-corrected chi connectivity index (χ0v) is 16.9. The first-order chi connectivity index (χ1) is 11.5. The summed E-state index contributed by atoms with van der Waals surface area (Å²) in [6.45, 7) is 0. The van der Waals surface area contributed by atoms with Gasteiger partial charge in [-0.05, 0) is 65.1 Å². The second-order valence-corrected chi connectivity index (χ2v) is 7.52. The first-order valence-electron chi connectivity index (χ1n) is 6.88. The topological polar surface area (TPSA) is 50.7 Å². The van der Waals surface area contributed by atoms with Crippen molar-refractivity contribution in [2.24, 2.45) is 4.99 Å². The number of methoxy groups -OCH3 is 1. The number of halogens is 3. The van der Waals surface area contributed by atoms with Gasteiger partial charge in [0.2, 0.25) is 0 Å². The molecule has 0 spiro atoms. The third-order valence-electron chi connectivity index (χ3n) is 3.36. The van der Waals surface area contributed by atoms with E-state index < -0.39 is 0 Å². The van der Waals surface area contributed by atoms with E-state index in [-0.39, 0.29) is 5.91 Å². The number of amidine groups is 1. The fourth-order valence-electron chi connectivity index (χ4n) is 2.24. The summed E-state index contributed by atoms with van der Waals surface area (Å²) < 4.78 is 7.22. The van der Waals surface area contributed by atoms with Crippen LogP contribution in [0.2, 0.25) is 5.02 Å². The molecule has 4 nitrogen and oxygen atoms in total. The summed E-state index contributed by atoms with van der Waals surface area (Å²) in [4.78, 5) is 16.7. The van der Waals surface area contributed by atoms with E-state index >= 15 is 0 Å². The van der Waals surface area contributed by atoms with Crippen molar-refractivity contribution < 1.29 is 9.53 Å². The molecular formula is C17H11BrClIN2O2. The van der Waals surface area contributed by atoms with Gasteiger partial charge in [-0.25, -0.2) is 4.99 Å². The lowest BCUT2D eigenvalue weighted by Crippen LogP contribution is -2.25. The fourth-order valence-corrected chi connectivity index (χ4v) is 3.32. The van der Waals surface area contributed by atoms with Gasteiger partial charge in [0.15, 0.2) is 0 Å². The molecular weight excluding hydrogens is 506 g/mol. The van der Waals surface area contributed by atoms with Crippen LogP contribution < -0.4 is 10.1 Å². The van der Waals surface area contributed by atoms with Gasteiger partial charge in [0.05, 0.1) is 12.1 Å². The van der Waals surface area contributed by atoms with Crippen LogP contribution in [-0.4, -0.2) is 18.9 Å². The molecule has 3 rings (SSSR count). The quantitative estimate of drug-likeness (QED) is 0.477.